The summed E-state index contributed by atoms with van der Waals surface area (Å²) in [7, 11) is -3.41. The Balaban J connectivity index is 1.47. The zero-order chi connectivity index (χ0) is 23.2. The minimum Gasteiger partial charge on any atom is -0.337 e. The highest BCUT2D eigenvalue weighted by Gasteiger charge is 2.61. The first-order valence-electron chi connectivity index (χ1n) is 12.0. The van der Waals surface area contributed by atoms with E-state index in [1.165, 1.54) is 12.1 Å². The van der Waals surface area contributed by atoms with Gasteiger partial charge in [-0.05, 0) is 67.9 Å². The summed E-state index contributed by atoms with van der Waals surface area (Å²) in [6, 6.07) is 14.0. The second-order valence-corrected chi connectivity index (χ2v) is 12.0. The molecule has 1 saturated heterocycles. The average molecular weight is 471 g/mol. The van der Waals surface area contributed by atoms with Crippen LogP contribution < -0.4 is 4.72 Å². The number of nitrogens with one attached hydrogen (secondary N) is 1. The van der Waals surface area contributed by atoms with Gasteiger partial charge in [0.05, 0.1) is 11.8 Å². The molecular weight excluding hydrogens is 439 g/mol. The number of likely N-dealkylation sites (tertiary alicyclic amines) is 1. The molecule has 176 valence electrons. The Labute approximate surface area is 195 Å². The van der Waals surface area contributed by atoms with Crippen LogP contribution in [0, 0.1) is 17.2 Å². The number of benzene rings is 2. The molecule has 3 aliphatic rings. The summed E-state index contributed by atoms with van der Waals surface area (Å²) in [4.78, 5) is 15.3. The smallest absolute Gasteiger partial charge is 0.226 e. The molecule has 0 radical (unpaired) electrons. The summed E-state index contributed by atoms with van der Waals surface area (Å²) in [6.07, 6.45) is 5.39. The van der Waals surface area contributed by atoms with Gasteiger partial charge in [0, 0.05) is 23.9 Å². The van der Waals surface area contributed by atoms with Gasteiger partial charge in [0.1, 0.15) is 5.82 Å². The molecule has 0 aromatic heterocycles. The third-order valence-electron chi connectivity index (χ3n) is 7.78. The second kappa shape index (κ2) is 8.51. The Bertz CT molecular complexity index is 1160. The van der Waals surface area contributed by atoms with Gasteiger partial charge in [-0.15, -0.1) is 0 Å². The van der Waals surface area contributed by atoms with Crippen LogP contribution in [0.15, 0.2) is 48.5 Å². The molecule has 2 atom stereocenters. The van der Waals surface area contributed by atoms with Gasteiger partial charge in [-0.25, -0.2) is 17.5 Å². The normalized spacial score (nSPS) is 24.1. The van der Waals surface area contributed by atoms with E-state index in [-0.39, 0.29) is 40.9 Å². The van der Waals surface area contributed by atoms with Crippen molar-refractivity contribution in [2.24, 2.45) is 11.3 Å². The van der Waals surface area contributed by atoms with Crippen LogP contribution in [0.25, 0.3) is 11.1 Å². The first-order chi connectivity index (χ1) is 15.8. The van der Waals surface area contributed by atoms with E-state index in [4.69, 9.17) is 0 Å². The summed E-state index contributed by atoms with van der Waals surface area (Å²) < 4.78 is 41.9. The third-order valence-corrected chi connectivity index (χ3v) is 9.15. The minimum absolute atomic E-state index is 0.0257. The molecule has 2 unspecified atom stereocenters. The summed E-state index contributed by atoms with van der Waals surface area (Å²) in [5.41, 5.74) is 2.58. The standard InChI is InChI=1S/C26H31FN2O3S/c1-2-33(31,32)28-24-23(29(17-26(24)12-13-26)25(30)19-7-4-8-19)15-18-6-3-9-20(14-18)21-10-5-11-22(27)16-21/h3,5-6,9-11,14,16,19,23-24,28H,2,4,7-8,12-13,15,17H2,1H3. The van der Waals surface area contributed by atoms with Gasteiger partial charge in [0.15, 0.2) is 0 Å². The average Bonchev–Trinajstić information content (AvgIpc) is 3.48. The fourth-order valence-electron chi connectivity index (χ4n) is 5.40. The molecule has 1 heterocycles. The van der Waals surface area contributed by atoms with Crippen molar-refractivity contribution in [3.63, 3.8) is 0 Å². The van der Waals surface area contributed by atoms with Crippen LogP contribution in [0.3, 0.4) is 0 Å². The van der Waals surface area contributed by atoms with Gasteiger partial charge in [0.25, 0.3) is 0 Å². The van der Waals surface area contributed by atoms with Crippen molar-refractivity contribution in [1.82, 2.24) is 9.62 Å². The Morgan fingerprint density at radius 2 is 1.82 bits per heavy atom. The van der Waals surface area contributed by atoms with E-state index in [0.29, 0.717) is 13.0 Å². The van der Waals surface area contributed by atoms with Gasteiger partial charge in [-0.2, -0.15) is 0 Å². The Morgan fingerprint density at radius 1 is 1.12 bits per heavy atom. The van der Waals surface area contributed by atoms with Crippen LogP contribution in [0.4, 0.5) is 4.39 Å². The number of nitrogens with zero attached hydrogens (tertiary/aromatic N) is 1. The first-order valence-corrected chi connectivity index (χ1v) is 13.6. The lowest BCUT2D eigenvalue weighted by molar-refractivity contribution is -0.139. The lowest BCUT2D eigenvalue weighted by Crippen LogP contribution is -2.51. The van der Waals surface area contributed by atoms with E-state index >= 15 is 0 Å². The summed E-state index contributed by atoms with van der Waals surface area (Å²) in [5.74, 6) is -0.00563. The number of carbonyl (C=O) groups is 1. The molecule has 1 aliphatic heterocycles. The van der Waals surface area contributed by atoms with E-state index in [0.717, 1.165) is 48.8 Å². The first kappa shape index (κ1) is 22.5. The van der Waals surface area contributed by atoms with Gasteiger partial charge in [-0.1, -0.05) is 42.8 Å². The molecule has 33 heavy (non-hydrogen) atoms. The molecule has 2 saturated carbocycles. The maximum absolute atomic E-state index is 13.8. The molecular formula is C26H31FN2O3S. The molecule has 3 fully saturated rings. The van der Waals surface area contributed by atoms with Crippen LogP contribution in [-0.4, -0.2) is 43.6 Å². The number of hydrogen-bond acceptors (Lipinski definition) is 3. The van der Waals surface area contributed by atoms with Gasteiger partial charge in [0.2, 0.25) is 15.9 Å². The molecule has 1 spiro atoms. The number of carbonyl (C=O) groups excluding carboxylic acids is 1. The lowest BCUT2D eigenvalue weighted by Gasteiger charge is -2.34. The minimum atomic E-state index is -3.41. The maximum atomic E-state index is 13.8. The largest absolute Gasteiger partial charge is 0.337 e. The van der Waals surface area contributed by atoms with Crippen molar-refractivity contribution < 1.29 is 17.6 Å². The fraction of sp³-hybridized carbons (Fsp3) is 0.500. The van der Waals surface area contributed by atoms with E-state index in [1.54, 1.807) is 13.0 Å². The Kier molecular flexibility index (Phi) is 5.81. The molecule has 5 rings (SSSR count). The zero-order valence-corrected chi connectivity index (χ0v) is 19.8. The number of hydrogen-bond donors (Lipinski definition) is 1. The van der Waals surface area contributed by atoms with Crippen LogP contribution in [0.5, 0.6) is 0 Å². The molecule has 0 bridgehead atoms. The Morgan fingerprint density at radius 3 is 2.42 bits per heavy atom. The maximum Gasteiger partial charge on any atom is 0.226 e. The third kappa shape index (κ3) is 4.45. The predicted molar refractivity (Wildman–Crippen MR) is 126 cm³/mol. The number of amides is 1. The molecule has 2 aromatic rings. The SMILES string of the molecule is CCS(=O)(=O)NC1C(Cc2cccc(-c3cccc(F)c3)c2)N(C(=O)C2CCC2)CC12CC2. The summed E-state index contributed by atoms with van der Waals surface area (Å²) >= 11 is 0. The molecule has 5 nitrogen and oxygen atoms in total. The van der Waals surface area contributed by atoms with Gasteiger partial charge < -0.3 is 4.90 Å². The van der Waals surface area contributed by atoms with Crippen molar-refractivity contribution >= 4 is 15.9 Å². The molecule has 2 aromatic carbocycles. The van der Waals surface area contributed by atoms with Crippen molar-refractivity contribution in [2.45, 2.75) is 57.5 Å². The number of halogens is 1. The van der Waals surface area contributed by atoms with Crippen LogP contribution in [0.1, 0.15) is 44.6 Å². The number of rotatable bonds is 7. The summed E-state index contributed by atoms with van der Waals surface area (Å²) in [6.45, 7) is 2.28. The highest BCUT2D eigenvalue weighted by Crippen LogP contribution is 2.56. The second-order valence-electron chi connectivity index (χ2n) is 9.94. The van der Waals surface area contributed by atoms with Crippen molar-refractivity contribution in [3.05, 3.63) is 59.9 Å². The molecule has 1 N–H and O–H groups in total. The monoisotopic (exact) mass is 470 g/mol. The quantitative estimate of drug-likeness (QED) is 0.662. The zero-order valence-electron chi connectivity index (χ0n) is 19.0. The number of sulfonamides is 1. The van der Waals surface area contributed by atoms with E-state index in [9.17, 15) is 17.6 Å². The van der Waals surface area contributed by atoms with E-state index in [1.807, 2.05) is 35.2 Å². The topological polar surface area (TPSA) is 66.5 Å². The highest BCUT2D eigenvalue weighted by molar-refractivity contribution is 7.89. The Hall–Kier alpha value is -2.25. The van der Waals surface area contributed by atoms with Crippen LogP contribution >= 0.6 is 0 Å². The van der Waals surface area contributed by atoms with Crippen molar-refractivity contribution in [2.75, 3.05) is 12.3 Å². The molecule has 1 amide bonds. The van der Waals surface area contributed by atoms with Crippen LogP contribution in [-0.2, 0) is 21.2 Å². The fourth-order valence-corrected chi connectivity index (χ4v) is 6.36. The highest BCUT2D eigenvalue weighted by atomic mass is 32.2. The van der Waals surface area contributed by atoms with E-state index in [2.05, 4.69) is 4.72 Å². The molecule has 2 aliphatic carbocycles. The van der Waals surface area contributed by atoms with E-state index < -0.39 is 10.0 Å². The molecule has 7 heteroatoms. The lowest BCUT2D eigenvalue weighted by atomic mass is 9.84. The van der Waals surface area contributed by atoms with Crippen LogP contribution in [0.2, 0.25) is 0 Å². The van der Waals surface area contributed by atoms with Gasteiger partial charge >= 0.3 is 0 Å². The van der Waals surface area contributed by atoms with Crippen molar-refractivity contribution in [1.29, 1.82) is 0 Å². The van der Waals surface area contributed by atoms with Crippen molar-refractivity contribution in [3.8, 4) is 11.1 Å². The van der Waals surface area contributed by atoms with Gasteiger partial charge in [-0.3, -0.25) is 4.79 Å². The summed E-state index contributed by atoms with van der Waals surface area (Å²) in [5, 5.41) is 0. The predicted octanol–water partition coefficient (Wildman–Crippen LogP) is 4.13.